The molecule has 0 unspecified atom stereocenters. The van der Waals surface area contributed by atoms with Crippen molar-refractivity contribution in [1.82, 2.24) is 0 Å². The third-order valence-electron chi connectivity index (χ3n) is 6.97. The Bertz CT molecular complexity index is 681. The first-order chi connectivity index (χ1) is 13.4. The summed E-state index contributed by atoms with van der Waals surface area (Å²) in [6, 6.07) is 0. The molecule has 29 heavy (non-hydrogen) atoms. The molecule has 0 aromatic rings. The summed E-state index contributed by atoms with van der Waals surface area (Å²) in [6.07, 6.45) is 2.61. The molecule has 0 N–H and O–H groups in total. The molecule has 0 aromatic heterocycles. The van der Waals surface area contributed by atoms with Gasteiger partial charge in [0.15, 0.2) is 0 Å². The fraction of sp³-hybridized carbons (Fsp3) is 0.714. The van der Waals surface area contributed by atoms with E-state index in [0.717, 1.165) is 0 Å². The first kappa shape index (κ1) is 25.7. The van der Waals surface area contributed by atoms with Gasteiger partial charge < -0.3 is 0 Å². The van der Waals surface area contributed by atoms with Gasteiger partial charge in [0.2, 0.25) is 0 Å². The van der Waals surface area contributed by atoms with Crippen molar-refractivity contribution in [2.24, 2.45) is 35.5 Å². The summed E-state index contributed by atoms with van der Waals surface area (Å²) in [6.45, 7) is 29.1. The van der Waals surface area contributed by atoms with Crippen LogP contribution in [-0.2, 0) is 0 Å². The number of allylic oxidation sites excluding steroid dienone is 8. The number of hydrogen-bond donors (Lipinski definition) is 0. The fourth-order valence-electron chi connectivity index (χ4n) is 5.97. The third kappa shape index (κ3) is 5.44. The van der Waals surface area contributed by atoms with Crippen LogP contribution >= 0.6 is 0 Å². The van der Waals surface area contributed by atoms with Crippen LogP contribution < -0.4 is 0 Å². The first-order valence-corrected chi connectivity index (χ1v) is 15.8. The summed E-state index contributed by atoms with van der Waals surface area (Å²) in [7, 11) is 0. The number of hydrogen-bond acceptors (Lipinski definition) is 0. The molecule has 2 aliphatic rings. The van der Waals surface area contributed by atoms with Crippen LogP contribution in [0.25, 0.3) is 0 Å². The third-order valence-corrected chi connectivity index (χ3v) is 12.2. The second-order valence-corrected chi connectivity index (χ2v) is 16.4. The molecule has 0 amide bonds. The minimum atomic E-state index is -1.21. The van der Waals surface area contributed by atoms with Crippen molar-refractivity contribution >= 4 is 41.0 Å². The molecule has 0 aromatic carbocycles. The zero-order valence-corrected chi connectivity index (χ0v) is 25.1. The Kier molecular flexibility index (Phi) is 9.19. The fourth-order valence-corrected chi connectivity index (χ4v) is 13.1. The summed E-state index contributed by atoms with van der Waals surface area (Å²) in [5, 5.41) is 0. The number of rotatable bonds is 8. The molecule has 0 bridgehead atoms. The van der Waals surface area contributed by atoms with Crippen molar-refractivity contribution in [3.8, 4) is 0 Å². The van der Waals surface area contributed by atoms with Crippen molar-refractivity contribution in [3.63, 3.8) is 0 Å². The Hall–Kier alpha value is 0.441. The van der Waals surface area contributed by atoms with Gasteiger partial charge in [-0.05, 0) is 0 Å². The molecule has 2 aliphatic carbocycles. The van der Waals surface area contributed by atoms with Crippen molar-refractivity contribution in [1.29, 1.82) is 0 Å². The van der Waals surface area contributed by atoms with E-state index < -0.39 is 41.0 Å². The van der Waals surface area contributed by atoms with Crippen LogP contribution in [0.5, 0.6) is 0 Å². The van der Waals surface area contributed by atoms with Gasteiger partial charge in [-0.15, -0.1) is 0 Å². The summed E-state index contributed by atoms with van der Waals surface area (Å²) >= 11 is -1.21. The van der Waals surface area contributed by atoms with E-state index >= 15 is 0 Å². The maximum absolute atomic E-state index is 2.44. The van der Waals surface area contributed by atoms with Gasteiger partial charge in [-0.1, -0.05) is 0 Å². The van der Waals surface area contributed by atoms with Crippen LogP contribution in [0.2, 0.25) is 0 Å². The van der Waals surface area contributed by atoms with Crippen molar-refractivity contribution in [2.75, 3.05) is 0 Å². The van der Waals surface area contributed by atoms with Gasteiger partial charge in [0.25, 0.3) is 0 Å². The predicted molar refractivity (Wildman–Crippen MR) is 132 cm³/mol. The van der Waals surface area contributed by atoms with Crippen LogP contribution in [0.1, 0.15) is 95.9 Å². The minimum absolute atomic E-state index is 0.659. The van der Waals surface area contributed by atoms with Crippen LogP contribution in [0.15, 0.2) is 34.5 Å². The monoisotopic (exact) mass is 470 g/mol. The SMILES string of the molecule is CC(C)C1=C(C(C)C)C(C(C)C)=[C]([Sr][C]2=C(C(C)C)C(C(C)C)=C(C(C)C)C2)C1. The second kappa shape index (κ2) is 10.4. The van der Waals surface area contributed by atoms with E-state index in [0.29, 0.717) is 35.5 Å². The quantitative estimate of drug-likeness (QED) is 0.312. The topological polar surface area (TPSA) is 0 Å². The zero-order valence-electron chi connectivity index (χ0n) is 21.6. The van der Waals surface area contributed by atoms with Crippen molar-refractivity contribution in [2.45, 2.75) is 95.9 Å². The molecular formula is C28H46Sr. The molecular weight excluding hydrogens is 424 g/mol. The molecule has 0 saturated heterocycles. The molecule has 2 rings (SSSR count). The van der Waals surface area contributed by atoms with Crippen molar-refractivity contribution < 1.29 is 0 Å². The summed E-state index contributed by atoms with van der Waals surface area (Å²) in [5.41, 5.74) is 10.6. The molecule has 0 fully saturated rings. The molecule has 0 radical (unpaired) electrons. The molecule has 0 spiro atoms. The van der Waals surface area contributed by atoms with E-state index in [1.165, 1.54) is 12.8 Å². The van der Waals surface area contributed by atoms with Gasteiger partial charge >= 0.3 is 207 Å². The Labute approximate surface area is 205 Å². The molecule has 0 saturated carbocycles. The van der Waals surface area contributed by atoms with Gasteiger partial charge in [0.05, 0.1) is 0 Å². The van der Waals surface area contributed by atoms with Gasteiger partial charge in [-0.25, -0.2) is 0 Å². The van der Waals surface area contributed by atoms with Crippen LogP contribution in [0, 0.1) is 35.5 Å². The van der Waals surface area contributed by atoms with Crippen LogP contribution in [0.4, 0.5) is 0 Å². The zero-order chi connectivity index (χ0) is 22.2. The van der Waals surface area contributed by atoms with Gasteiger partial charge in [-0.3, -0.25) is 0 Å². The average Bonchev–Trinajstić information content (AvgIpc) is 3.14. The molecule has 0 atom stereocenters. The van der Waals surface area contributed by atoms with E-state index in [-0.39, 0.29) is 0 Å². The Morgan fingerprint density at radius 1 is 0.414 bits per heavy atom. The second-order valence-electron chi connectivity index (χ2n) is 11.4. The average molecular weight is 470 g/mol. The maximum atomic E-state index is 2.44. The first-order valence-electron chi connectivity index (χ1n) is 12.3. The van der Waals surface area contributed by atoms with Crippen molar-refractivity contribution in [3.05, 3.63) is 34.5 Å². The van der Waals surface area contributed by atoms with E-state index in [9.17, 15) is 0 Å². The van der Waals surface area contributed by atoms with E-state index in [1.807, 2.05) is 1.09 Å². The molecule has 0 heterocycles. The molecule has 1 heteroatoms. The standard InChI is InChI=1S/2C14H23.Sr/c2*1-9(2)12-7-8-13(10(3)4)14(12)11(5)6;/h2*9-11H,7H2,1-6H3;. The van der Waals surface area contributed by atoms with Crippen LogP contribution in [0.3, 0.4) is 0 Å². The summed E-state index contributed by atoms with van der Waals surface area (Å²) in [4.78, 5) is 0. The van der Waals surface area contributed by atoms with E-state index in [4.69, 9.17) is 0 Å². The predicted octanol–water partition coefficient (Wildman–Crippen LogP) is 8.54. The molecule has 0 aliphatic heterocycles. The van der Waals surface area contributed by atoms with Gasteiger partial charge in [-0.2, -0.15) is 0 Å². The molecule has 0 nitrogen and oxygen atoms in total. The van der Waals surface area contributed by atoms with Gasteiger partial charge in [0, 0.05) is 0 Å². The van der Waals surface area contributed by atoms with Gasteiger partial charge in [0.1, 0.15) is 0 Å². The normalized spacial score (nSPS) is 18.6. The molecule has 160 valence electrons. The van der Waals surface area contributed by atoms with E-state index in [1.54, 1.807) is 33.4 Å². The Morgan fingerprint density at radius 3 is 0.897 bits per heavy atom. The van der Waals surface area contributed by atoms with Crippen LogP contribution in [-0.4, -0.2) is 41.0 Å². The summed E-state index contributed by atoms with van der Waals surface area (Å²) in [5.74, 6) is 4.02. The Morgan fingerprint density at radius 2 is 0.690 bits per heavy atom. The summed E-state index contributed by atoms with van der Waals surface area (Å²) < 4.78 is 3.88. The Balaban J connectivity index is 2.54. The van der Waals surface area contributed by atoms with E-state index in [2.05, 4.69) is 83.1 Å².